The average Bonchev–Trinajstić information content (AvgIpc) is 2.77. The molecule has 0 aromatic heterocycles. The highest BCUT2D eigenvalue weighted by molar-refractivity contribution is 8.00. The van der Waals surface area contributed by atoms with Crippen LogP contribution in [0.15, 0.2) is 29.2 Å². The maximum atomic E-state index is 11.8. The molecule has 2 rings (SSSR count). The molecule has 1 saturated heterocycles. The first-order valence-electron chi connectivity index (χ1n) is 6.84. The molecule has 1 N–H and O–H groups in total. The lowest BCUT2D eigenvalue weighted by molar-refractivity contribution is -0.119. The number of benzene rings is 1. The molecule has 0 radical (unpaired) electrons. The Labute approximate surface area is 129 Å². The van der Waals surface area contributed by atoms with E-state index in [2.05, 4.69) is 5.32 Å². The van der Waals surface area contributed by atoms with Crippen LogP contribution in [0.4, 0.5) is 0 Å². The van der Waals surface area contributed by atoms with Crippen LogP contribution in [0.1, 0.15) is 13.3 Å². The first-order valence-corrected chi connectivity index (χ1v) is 9.64. The van der Waals surface area contributed by atoms with Crippen molar-refractivity contribution in [1.82, 2.24) is 5.32 Å². The van der Waals surface area contributed by atoms with Gasteiger partial charge in [0.1, 0.15) is 5.75 Å². The van der Waals surface area contributed by atoms with Crippen LogP contribution in [0.3, 0.4) is 0 Å². The van der Waals surface area contributed by atoms with Gasteiger partial charge in [-0.1, -0.05) is 0 Å². The van der Waals surface area contributed by atoms with Crippen LogP contribution in [-0.4, -0.2) is 44.2 Å². The predicted molar refractivity (Wildman–Crippen MR) is 83.5 cm³/mol. The van der Waals surface area contributed by atoms with Gasteiger partial charge in [0, 0.05) is 10.9 Å². The summed E-state index contributed by atoms with van der Waals surface area (Å²) in [4.78, 5) is 12.8. The van der Waals surface area contributed by atoms with Crippen molar-refractivity contribution in [3.8, 4) is 5.75 Å². The van der Waals surface area contributed by atoms with Crippen molar-refractivity contribution in [3.63, 3.8) is 0 Å². The summed E-state index contributed by atoms with van der Waals surface area (Å²) >= 11 is 1.42. The van der Waals surface area contributed by atoms with E-state index in [1.807, 2.05) is 31.2 Å². The van der Waals surface area contributed by atoms with E-state index in [1.54, 1.807) is 0 Å². The van der Waals surface area contributed by atoms with Crippen LogP contribution in [0, 0.1) is 0 Å². The first kappa shape index (κ1) is 16.2. The summed E-state index contributed by atoms with van der Waals surface area (Å²) in [5.41, 5.74) is 0. The van der Waals surface area contributed by atoms with Crippen molar-refractivity contribution < 1.29 is 17.9 Å². The molecule has 1 fully saturated rings. The molecule has 5 nitrogen and oxygen atoms in total. The van der Waals surface area contributed by atoms with Gasteiger partial charge in [0.05, 0.1) is 23.9 Å². The van der Waals surface area contributed by atoms with E-state index in [0.717, 1.165) is 10.6 Å². The van der Waals surface area contributed by atoms with Crippen LogP contribution in [0.5, 0.6) is 5.75 Å². The van der Waals surface area contributed by atoms with E-state index in [4.69, 9.17) is 4.74 Å². The largest absolute Gasteiger partial charge is 0.494 e. The Bertz CT molecular complexity index is 583. The number of carbonyl (C=O) groups is 1. The minimum absolute atomic E-state index is 0.0620. The fourth-order valence-corrected chi connectivity index (χ4v) is 4.51. The Kier molecular flexibility index (Phi) is 5.52. The number of hydrogen-bond acceptors (Lipinski definition) is 5. The summed E-state index contributed by atoms with van der Waals surface area (Å²) < 4.78 is 28.0. The normalized spacial score (nSPS) is 20.1. The topological polar surface area (TPSA) is 72.5 Å². The number of sulfone groups is 1. The lowest BCUT2D eigenvalue weighted by Crippen LogP contribution is -2.36. The number of rotatable bonds is 6. The number of thioether (sulfide) groups is 1. The van der Waals surface area contributed by atoms with Gasteiger partial charge in [-0.3, -0.25) is 4.79 Å². The molecule has 1 atom stereocenters. The lowest BCUT2D eigenvalue weighted by Gasteiger charge is -2.10. The molecule has 1 heterocycles. The van der Waals surface area contributed by atoms with E-state index in [1.165, 1.54) is 11.8 Å². The van der Waals surface area contributed by atoms with E-state index in [0.29, 0.717) is 13.0 Å². The molecular formula is C14H19NO4S2. The number of carbonyl (C=O) groups excluding carboxylic acids is 1. The number of amides is 1. The smallest absolute Gasteiger partial charge is 0.230 e. The predicted octanol–water partition coefficient (Wildman–Crippen LogP) is 1.48. The molecular weight excluding hydrogens is 310 g/mol. The monoisotopic (exact) mass is 329 g/mol. The molecule has 0 spiro atoms. The molecule has 116 valence electrons. The van der Waals surface area contributed by atoms with Gasteiger partial charge in [0.25, 0.3) is 0 Å². The molecule has 21 heavy (non-hydrogen) atoms. The summed E-state index contributed by atoms with van der Waals surface area (Å²) in [7, 11) is -2.95. The molecule has 0 bridgehead atoms. The second kappa shape index (κ2) is 7.17. The fourth-order valence-electron chi connectivity index (χ4n) is 2.13. The van der Waals surface area contributed by atoms with Gasteiger partial charge in [0.2, 0.25) is 5.91 Å². The van der Waals surface area contributed by atoms with Crippen molar-refractivity contribution >= 4 is 27.5 Å². The maximum absolute atomic E-state index is 11.8. The Morgan fingerprint density at radius 1 is 1.38 bits per heavy atom. The second-order valence-electron chi connectivity index (χ2n) is 4.86. The number of hydrogen-bond donors (Lipinski definition) is 1. The maximum Gasteiger partial charge on any atom is 0.230 e. The standard InChI is InChI=1S/C14H19NO4S2/c1-2-19-12-3-5-13(6-4-12)20-9-14(16)15-11-7-8-21(17,18)10-11/h3-6,11H,2,7-10H2,1H3,(H,15,16)/t11-/m0/s1. The minimum atomic E-state index is -2.95. The van der Waals surface area contributed by atoms with E-state index in [9.17, 15) is 13.2 Å². The first-order chi connectivity index (χ1) is 9.98. The van der Waals surface area contributed by atoms with E-state index < -0.39 is 9.84 Å². The Morgan fingerprint density at radius 2 is 2.10 bits per heavy atom. The van der Waals surface area contributed by atoms with Crippen LogP contribution in [0.2, 0.25) is 0 Å². The van der Waals surface area contributed by atoms with Gasteiger partial charge in [-0.05, 0) is 37.6 Å². The van der Waals surface area contributed by atoms with Gasteiger partial charge in [-0.15, -0.1) is 11.8 Å². The highest BCUT2D eigenvalue weighted by atomic mass is 32.2. The van der Waals surface area contributed by atoms with Crippen LogP contribution in [-0.2, 0) is 14.6 Å². The van der Waals surface area contributed by atoms with Gasteiger partial charge in [-0.25, -0.2) is 8.42 Å². The van der Waals surface area contributed by atoms with Crippen molar-refractivity contribution in [1.29, 1.82) is 0 Å². The molecule has 0 aliphatic carbocycles. The summed E-state index contributed by atoms with van der Waals surface area (Å²) in [6.07, 6.45) is 0.516. The second-order valence-corrected chi connectivity index (χ2v) is 8.14. The van der Waals surface area contributed by atoms with Crippen molar-refractivity contribution in [2.24, 2.45) is 0 Å². The molecule has 1 aromatic carbocycles. The highest BCUT2D eigenvalue weighted by Gasteiger charge is 2.28. The zero-order valence-electron chi connectivity index (χ0n) is 11.9. The number of nitrogens with one attached hydrogen (secondary N) is 1. The Morgan fingerprint density at radius 3 is 2.67 bits per heavy atom. The third-order valence-corrected chi connectivity index (χ3v) is 5.88. The summed E-state index contributed by atoms with van der Waals surface area (Å²) in [6.45, 7) is 2.55. The SMILES string of the molecule is CCOc1ccc(SCC(=O)N[C@H]2CCS(=O)(=O)C2)cc1. The molecule has 0 unspecified atom stereocenters. The third kappa shape index (κ3) is 5.24. The fraction of sp³-hybridized carbons (Fsp3) is 0.500. The zero-order chi connectivity index (χ0) is 15.3. The molecule has 1 amide bonds. The van der Waals surface area contributed by atoms with Gasteiger partial charge in [-0.2, -0.15) is 0 Å². The lowest BCUT2D eigenvalue weighted by atomic mass is 10.3. The van der Waals surface area contributed by atoms with E-state index >= 15 is 0 Å². The minimum Gasteiger partial charge on any atom is -0.494 e. The summed E-state index contributed by atoms with van der Waals surface area (Å²) in [6, 6.07) is 7.32. The molecule has 0 saturated carbocycles. The highest BCUT2D eigenvalue weighted by Crippen LogP contribution is 2.21. The van der Waals surface area contributed by atoms with Gasteiger partial charge in [0.15, 0.2) is 9.84 Å². The van der Waals surface area contributed by atoms with Crippen molar-refractivity contribution in [2.75, 3.05) is 23.9 Å². The third-order valence-electron chi connectivity index (χ3n) is 3.10. The average molecular weight is 329 g/mol. The number of ether oxygens (including phenoxy) is 1. The quantitative estimate of drug-likeness (QED) is 0.801. The van der Waals surface area contributed by atoms with Crippen molar-refractivity contribution in [3.05, 3.63) is 24.3 Å². The molecule has 7 heteroatoms. The van der Waals surface area contributed by atoms with Gasteiger partial charge >= 0.3 is 0 Å². The zero-order valence-corrected chi connectivity index (χ0v) is 13.5. The summed E-state index contributed by atoms with van der Waals surface area (Å²) in [5.74, 6) is 1.19. The van der Waals surface area contributed by atoms with Crippen LogP contribution in [0.25, 0.3) is 0 Å². The Hall–Kier alpha value is -1.21. The van der Waals surface area contributed by atoms with Crippen LogP contribution >= 0.6 is 11.8 Å². The Balaban J connectivity index is 1.76. The van der Waals surface area contributed by atoms with E-state index in [-0.39, 0.29) is 29.2 Å². The molecule has 1 aromatic rings. The summed E-state index contributed by atoms with van der Waals surface area (Å²) in [5, 5.41) is 2.77. The van der Waals surface area contributed by atoms with Crippen molar-refractivity contribution in [2.45, 2.75) is 24.3 Å². The molecule has 1 aliphatic heterocycles. The molecule has 1 aliphatic rings. The van der Waals surface area contributed by atoms with Crippen LogP contribution < -0.4 is 10.1 Å². The van der Waals surface area contributed by atoms with Gasteiger partial charge < -0.3 is 10.1 Å².